The third kappa shape index (κ3) is 5.87. The molecule has 4 aromatic rings. The molecule has 226 valence electrons. The van der Waals surface area contributed by atoms with Crippen LogP contribution in [-0.2, 0) is 0 Å². The van der Waals surface area contributed by atoms with E-state index in [1.54, 1.807) is 24.3 Å². The quantitative estimate of drug-likeness (QED) is 0.142. The van der Waals surface area contributed by atoms with Crippen molar-refractivity contribution in [2.45, 2.75) is 38.5 Å². The summed E-state index contributed by atoms with van der Waals surface area (Å²) in [5.41, 5.74) is 2.43. The molecule has 0 radical (unpaired) electrons. The average Bonchev–Trinajstić information content (AvgIpc) is 3.05. The maximum atomic E-state index is 13.0. The molecular weight excluding hydrogens is 552 g/mol. The third-order valence-electron chi connectivity index (χ3n) is 8.64. The second kappa shape index (κ2) is 13.5. The fourth-order valence-electron chi connectivity index (χ4n) is 6.39. The average molecular weight is 591 g/mol. The number of carbonyl (C=O) groups excluding carboxylic acids is 4. The standard InChI is InChI=1S/C36H38N4O4/c41-33-27-15-5-11-25-12-6-16-28(31(25)27)34(42)39(33)23-9-21-37-19-3-1-2-4-20-38-22-10-24-40-35(43)29-17-7-13-26-14-8-18-30(32(26)29)36(40)44/h5-8,11-18,37-38H,1-4,9-10,19-24H2. The van der Waals surface area contributed by atoms with Gasteiger partial charge in [-0.05, 0) is 86.9 Å². The summed E-state index contributed by atoms with van der Waals surface area (Å²) in [6.07, 6.45) is 5.84. The van der Waals surface area contributed by atoms with Crippen molar-refractivity contribution in [1.29, 1.82) is 0 Å². The van der Waals surface area contributed by atoms with Gasteiger partial charge in [-0.25, -0.2) is 0 Å². The lowest BCUT2D eigenvalue weighted by atomic mass is 9.94. The summed E-state index contributed by atoms with van der Waals surface area (Å²) in [7, 11) is 0. The molecule has 44 heavy (non-hydrogen) atoms. The van der Waals surface area contributed by atoms with Crippen LogP contribution < -0.4 is 10.6 Å². The number of hydrogen-bond acceptors (Lipinski definition) is 6. The molecule has 2 aliphatic heterocycles. The van der Waals surface area contributed by atoms with Crippen LogP contribution in [-0.4, -0.2) is 72.7 Å². The smallest absolute Gasteiger partial charge is 0.261 e. The number of carbonyl (C=O) groups is 4. The summed E-state index contributed by atoms with van der Waals surface area (Å²) < 4.78 is 0. The highest BCUT2D eigenvalue weighted by atomic mass is 16.2. The lowest BCUT2D eigenvalue weighted by Crippen LogP contribution is -2.41. The molecule has 0 atom stereocenters. The molecule has 2 heterocycles. The summed E-state index contributed by atoms with van der Waals surface area (Å²) in [5, 5.41) is 10.3. The van der Waals surface area contributed by atoms with Crippen LogP contribution in [0.5, 0.6) is 0 Å². The third-order valence-corrected chi connectivity index (χ3v) is 8.64. The Morgan fingerprint density at radius 3 is 1.07 bits per heavy atom. The number of nitrogens with zero attached hydrogens (tertiary/aromatic N) is 2. The highest BCUT2D eigenvalue weighted by Crippen LogP contribution is 2.31. The van der Waals surface area contributed by atoms with Gasteiger partial charge in [-0.3, -0.25) is 29.0 Å². The number of nitrogens with one attached hydrogen (secondary N) is 2. The molecule has 2 aliphatic rings. The molecular formula is C36H38N4O4. The second-order valence-electron chi connectivity index (χ2n) is 11.6. The van der Waals surface area contributed by atoms with Crippen molar-refractivity contribution in [3.8, 4) is 0 Å². The molecule has 4 amide bonds. The van der Waals surface area contributed by atoms with Crippen LogP contribution in [0.25, 0.3) is 21.5 Å². The Bertz CT molecular complexity index is 1500. The van der Waals surface area contributed by atoms with Crippen molar-refractivity contribution in [2.24, 2.45) is 0 Å². The summed E-state index contributed by atoms with van der Waals surface area (Å²) in [6, 6.07) is 22.4. The van der Waals surface area contributed by atoms with Gasteiger partial charge in [0.15, 0.2) is 0 Å². The monoisotopic (exact) mass is 590 g/mol. The van der Waals surface area contributed by atoms with Gasteiger partial charge in [0.05, 0.1) is 0 Å². The van der Waals surface area contributed by atoms with Crippen molar-refractivity contribution < 1.29 is 19.2 Å². The van der Waals surface area contributed by atoms with Gasteiger partial charge < -0.3 is 10.6 Å². The number of unbranched alkanes of at least 4 members (excludes halogenated alkanes) is 3. The summed E-state index contributed by atoms with van der Waals surface area (Å²) in [6.45, 7) is 4.15. The maximum absolute atomic E-state index is 13.0. The number of benzene rings is 4. The fourth-order valence-corrected chi connectivity index (χ4v) is 6.39. The highest BCUT2D eigenvalue weighted by molar-refractivity contribution is 6.26. The topological polar surface area (TPSA) is 98.8 Å². The van der Waals surface area contributed by atoms with E-state index in [2.05, 4.69) is 10.6 Å². The Balaban J connectivity index is 0.809. The molecule has 0 spiro atoms. The molecule has 0 fully saturated rings. The van der Waals surface area contributed by atoms with Crippen LogP contribution >= 0.6 is 0 Å². The molecule has 8 nitrogen and oxygen atoms in total. The predicted molar refractivity (Wildman–Crippen MR) is 172 cm³/mol. The Labute approximate surface area is 257 Å². The number of amides is 4. The fraction of sp³-hybridized carbons (Fsp3) is 0.333. The minimum Gasteiger partial charge on any atom is -0.317 e. The summed E-state index contributed by atoms with van der Waals surface area (Å²) >= 11 is 0. The number of imide groups is 2. The van der Waals surface area contributed by atoms with E-state index in [1.807, 2.05) is 48.5 Å². The van der Waals surface area contributed by atoms with E-state index in [0.717, 1.165) is 86.2 Å². The Hall–Kier alpha value is -4.40. The van der Waals surface area contributed by atoms with Crippen molar-refractivity contribution in [3.05, 3.63) is 95.1 Å². The zero-order valence-electron chi connectivity index (χ0n) is 24.9. The molecule has 8 heteroatoms. The van der Waals surface area contributed by atoms with Crippen molar-refractivity contribution in [1.82, 2.24) is 20.4 Å². The predicted octanol–water partition coefficient (Wildman–Crippen LogP) is 5.41. The van der Waals surface area contributed by atoms with Crippen LogP contribution in [0.15, 0.2) is 72.8 Å². The Morgan fingerprint density at radius 1 is 0.409 bits per heavy atom. The van der Waals surface area contributed by atoms with E-state index >= 15 is 0 Å². The van der Waals surface area contributed by atoms with Gasteiger partial charge in [0, 0.05) is 46.1 Å². The van der Waals surface area contributed by atoms with E-state index < -0.39 is 0 Å². The largest absolute Gasteiger partial charge is 0.317 e. The molecule has 0 saturated carbocycles. The van der Waals surface area contributed by atoms with Crippen molar-refractivity contribution in [2.75, 3.05) is 39.3 Å². The molecule has 6 rings (SSSR count). The van der Waals surface area contributed by atoms with Crippen LogP contribution in [0.3, 0.4) is 0 Å². The van der Waals surface area contributed by atoms with Gasteiger partial charge in [-0.15, -0.1) is 0 Å². The van der Waals surface area contributed by atoms with Crippen LogP contribution in [0.4, 0.5) is 0 Å². The number of rotatable bonds is 15. The van der Waals surface area contributed by atoms with Crippen LogP contribution in [0, 0.1) is 0 Å². The Kier molecular flexibility index (Phi) is 9.09. The van der Waals surface area contributed by atoms with E-state index in [1.165, 1.54) is 9.80 Å². The zero-order valence-corrected chi connectivity index (χ0v) is 24.9. The molecule has 4 aromatic carbocycles. The van der Waals surface area contributed by atoms with Crippen LogP contribution in [0.1, 0.15) is 80.0 Å². The molecule has 2 N–H and O–H groups in total. The lowest BCUT2D eigenvalue weighted by molar-refractivity contribution is 0.0593. The van der Waals surface area contributed by atoms with Gasteiger partial charge in [0.2, 0.25) is 0 Å². The SMILES string of the molecule is O=C1c2cccc3cccc(c23)C(=O)N1CCCNCCCCCCNCCCN1C(=O)c2cccc3cccc(c23)C1=O. The highest BCUT2D eigenvalue weighted by Gasteiger charge is 2.33. The van der Waals surface area contributed by atoms with Gasteiger partial charge in [-0.2, -0.15) is 0 Å². The van der Waals surface area contributed by atoms with E-state index in [0.29, 0.717) is 35.3 Å². The van der Waals surface area contributed by atoms with Crippen LogP contribution in [0.2, 0.25) is 0 Å². The minimum absolute atomic E-state index is 0.204. The van der Waals surface area contributed by atoms with E-state index in [4.69, 9.17) is 0 Å². The first kappa shape index (κ1) is 29.7. The van der Waals surface area contributed by atoms with Gasteiger partial charge in [0.25, 0.3) is 23.6 Å². The summed E-state index contributed by atoms with van der Waals surface area (Å²) in [4.78, 5) is 54.7. The van der Waals surface area contributed by atoms with E-state index in [9.17, 15) is 19.2 Å². The first-order chi connectivity index (χ1) is 21.6. The van der Waals surface area contributed by atoms with E-state index in [-0.39, 0.29) is 23.6 Å². The first-order valence-corrected chi connectivity index (χ1v) is 15.7. The summed E-state index contributed by atoms with van der Waals surface area (Å²) in [5.74, 6) is -0.815. The van der Waals surface area contributed by atoms with Crippen molar-refractivity contribution in [3.63, 3.8) is 0 Å². The minimum atomic E-state index is -0.204. The normalized spacial score (nSPS) is 14.4. The molecule has 0 aliphatic carbocycles. The lowest BCUT2D eigenvalue weighted by Gasteiger charge is -2.27. The zero-order chi connectivity index (χ0) is 30.5. The van der Waals surface area contributed by atoms with Gasteiger partial charge >= 0.3 is 0 Å². The Morgan fingerprint density at radius 2 is 0.727 bits per heavy atom. The molecule has 0 saturated heterocycles. The van der Waals surface area contributed by atoms with Gasteiger partial charge in [-0.1, -0.05) is 61.4 Å². The molecule has 0 aromatic heterocycles. The van der Waals surface area contributed by atoms with Gasteiger partial charge in [0.1, 0.15) is 0 Å². The molecule has 0 bridgehead atoms. The number of hydrogen-bond donors (Lipinski definition) is 2. The second-order valence-corrected chi connectivity index (χ2v) is 11.6. The molecule has 0 unspecified atom stereocenters. The first-order valence-electron chi connectivity index (χ1n) is 15.7. The van der Waals surface area contributed by atoms with Crippen molar-refractivity contribution >= 4 is 45.2 Å². The maximum Gasteiger partial charge on any atom is 0.261 e.